The van der Waals surface area contributed by atoms with Gasteiger partial charge in [0, 0.05) is 5.56 Å². The van der Waals surface area contributed by atoms with Crippen molar-refractivity contribution in [3.63, 3.8) is 0 Å². The number of ether oxygens (including phenoxy) is 1. The molecule has 0 amide bonds. The lowest BCUT2D eigenvalue weighted by atomic mass is 10.0. The van der Waals surface area contributed by atoms with E-state index in [1.54, 1.807) is 19.9 Å². The van der Waals surface area contributed by atoms with Crippen molar-refractivity contribution >= 4 is 17.6 Å². The number of alkyl halides is 1. The molecule has 0 aromatic heterocycles. The first-order chi connectivity index (χ1) is 7.58. The average molecular weight is 245 g/mol. The van der Waals surface area contributed by atoms with Crippen LogP contribution in [0.2, 0.25) is 0 Å². The highest BCUT2D eigenvalue weighted by Crippen LogP contribution is 2.18. The highest BCUT2D eigenvalue weighted by Gasteiger charge is 2.10. The summed E-state index contributed by atoms with van der Waals surface area (Å²) in [5.41, 5.74) is 1.90. The highest BCUT2D eigenvalue weighted by atomic mass is 35.5. The number of hydrogen-bond donors (Lipinski definition) is 0. The maximum atomic E-state index is 13.3. The predicted molar refractivity (Wildman–Crippen MR) is 61.0 cm³/mol. The van der Waals surface area contributed by atoms with Crippen LogP contribution in [0, 0.1) is 12.7 Å². The van der Waals surface area contributed by atoms with Gasteiger partial charge in [-0.05, 0) is 31.0 Å². The van der Waals surface area contributed by atoms with E-state index < -0.39 is 0 Å². The fourth-order valence-electron chi connectivity index (χ4n) is 1.43. The minimum Gasteiger partial charge on any atom is -0.466 e. The number of carbonyl (C=O) groups excluding carboxylic acids is 1. The van der Waals surface area contributed by atoms with Crippen molar-refractivity contribution < 1.29 is 13.9 Å². The van der Waals surface area contributed by atoms with Crippen molar-refractivity contribution in [2.75, 3.05) is 6.61 Å². The van der Waals surface area contributed by atoms with Crippen molar-refractivity contribution in [1.82, 2.24) is 0 Å². The summed E-state index contributed by atoms with van der Waals surface area (Å²) < 4.78 is 18.2. The van der Waals surface area contributed by atoms with E-state index in [9.17, 15) is 9.18 Å². The van der Waals surface area contributed by atoms with Gasteiger partial charge in [-0.2, -0.15) is 0 Å². The van der Waals surface area contributed by atoms with E-state index in [-0.39, 0.29) is 24.1 Å². The molecule has 1 aromatic rings. The van der Waals surface area contributed by atoms with Gasteiger partial charge in [-0.15, -0.1) is 11.6 Å². The SMILES string of the molecule is CCOC(=O)Cc1cc(CCl)c(F)cc1C. The van der Waals surface area contributed by atoms with Crippen molar-refractivity contribution in [3.8, 4) is 0 Å². The number of hydrogen-bond acceptors (Lipinski definition) is 2. The van der Waals surface area contributed by atoms with Crippen LogP contribution in [0.5, 0.6) is 0 Å². The Morgan fingerprint density at radius 3 is 2.69 bits per heavy atom. The van der Waals surface area contributed by atoms with Gasteiger partial charge in [0.25, 0.3) is 0 Å². The van der Waals surface area contributed by atoms with Gasteiger partial charge in [-0.25, -0.2) is 4.39 Å². The number of halogens is 2. The van der Waals surface area contributed by atoms with Gasteiger partial charge in [0.2, 0.25) is 0 Å². The van der Waals surface area contributed by atoms with Gasteiger partial charge in [-0.1, -0.05) is 6.07 Å². The molecule has 2 nitrogen and oxygen atoms in total. The Labute approximate surface area is 99.4 Å². The molecule has 16 heavy (non-hydrogen) atoms. The first-order valence-corrected chi connectivity index (χ1v) is 5.61. The lowest BCUT2D eigenvalue weighted by molar-refractivity contribution is -0.142. The van der Waals surface area contributed by atoms with Crippen molar-refractivity contribution in [3.05, 3.63) is 34.6 Å². The monoisotopic (exact) mass is 244 g/mol. The smallest absolute Gasteiger partial charge is 0.310 e. The summed E-state index contributed by atoms with van der Waals surface area (Å²) in [6, 6.07) is 3.01. The third kappa shape index (κ3) is 3.20. The molecule has 0 saturated carbocycles. The Morgan fingerprint density at radius 1 is 1.44 bits per heavy atom. The van der Waals surface area contributed by atoms with E-state index in [4.69, 9.17) is 16.3 Å². The zero-order chi connectivity index (χ0) is 12.1. The van der Waals surface area contributed by atoms with Crippen molar-refractivity contribution in [2.45, 2.75) is 26.1 Å². The maximum absolute atomic E-state index is 13.3. The minimum atomic E-state index is -0.333. The molecule has 0 aliphatic heterocycles. The quantitative estimate of drug-likeness (QED) is 0.601. The molecule has 0 unspecified atom stereocenters. The molecule has 0 saturated heterocycles. The topological polar surface area (TPSA) is 26.3 Å². The Hall–Kier alpha value is -1.09. The van der Waals surface area contributed by atoms with E-state index in [1.165, 1.54) is 6.07 Å². The second-order valence-corrected chi connectivity index (χ2v) is 3.75. The fraction of sp³-hybridized carbons (Fsp3) is 0.417. The number of aryl methyl sites for hydroxylation is 1. The normalized spacial score (nSPS) is 10.2. The first kappa shape index (κ1) is 13.0. The number of benzene rings is 1. The molecular formula is C12H14ClFO2. The Balaban J connectivity index is 2.91. The molecule has 4 heteroatoms. The van der Waals surface area contributed by atoms with Crippen LogP contribution in [0.3, 0.4) is 0 Å². The summed E-state index contributed by atoms with van der Waals surface area (Å²) in [6.45, 7) is 3.86. The molecule has 1 rings (SSSR count). The minimum absolute atomic E-state index is 0.0991. The summed E-state index contributed by atoms with van der Waals surface area (Å²) in [7, 11) is 0. The molecule has 0 aliphatic rings. The molecule has 0 atom stereocenters. The lowest BCUT2D eigenvalue weighted by Gasteiger charge is -2.08. The van der Waals surface area contributed by atoms with Crippen LogP contribution in [0.1, 0.15) is 23.6 Å². The Bertz CT molecular complexity index is 391. The summed E-state index contributed by atoms with van der Waals surface area (Å²) in [5, 5.41) is 0. The lowest BCUT2D eigenvalue weighted by Crippen LogP contribution is -2.09. The predicted octanol–water partition coefficient (Wildman–Crippen LogP) is 2.98. The molecule has 88 valence electrons. The summed E-state index contributed by atoms with van der Waals surface area (Å²) >= 11 is 5.60. The van der Waals surface area contributed by atoms with Crippen molar-refractivity contribution in [1.29, 1.82) is 0 Å². The largest absolute Gasteiger partial charge is 0.466 e. The fourth-order valence-corrected chi connectivity index (χ4v) is 1.63. The third-order valence-electron chi connectivity index (χ3n) is 2.29. The molecule has 1 aromatic carbocycles. The van der Waals surface area contributed by atoms with E-state index >= 15 is 0 Å². The van der Waals surface area contributed by atoms with Gasteiger partial charge in [-0.3, -0.25) is 4.79 Å². The zero-order valence-corrected chi connectivity index (χ0v) is 10.1. The van der Waals surface area contributed by atoms with E-state index in [1.807, 2.05) is 0 Å². The standard InChI is InChI=1S/C12H14ClFO2/c1-3-16-12(15)6-9-5-10(7-13)11(14)4-8(9)2/h4-5H,3,6-7H2,1-2H3. The summed E-state index contributed by atoms with van der Waals surface area (Å²) in [6.07, 6.45) is 0.157. The van der Waals surface area contributed by atoms with Gasteiger partial charge in [0.1, 0.15) is 5.82 Å². The zero-order valence-electron chi connectivity index (χ0n) is 9.35. The molecule has 0 radical (unpaired) electrons. The van der Waals surface area contributed by atoms with Gasteiger partial charge in [0.05, 0.1) is 18.9 Å². The summed E-state index contributed by atoms with van der Waals surface area (Å²) in [4.78, 5) is 11.3. The molecule has 0 bridgehead atoms. The summed E-state index contributed by atoms with van der Waals surface area (Å²) in [5.74, 6) is -0.542. The highest BCUT2D eigenvalue weighted by molar-refractivity contribution is 6.17. The van der Waals surface area contributed by atoms with Gasteiger partial charge < -0.3 is 4.74 Å². The molecule has 0 fully saturated rings. The second-order valence-electron chi connectivity index (χ2n) is 3.49. The van der Waals surface area contributed by atoms with Crippen LogP contribution < -0.4 is 0 Å². The van der Waals surface area contributed by atoms with E-state index in [2.05, 4.69) is 0 Å². The molecule has 0 aliphatic carbocycles. The van der Waals surface area contributed by atoms with Crippen LogP contribution in [0.25, 0.3) is 0 Å². The number of esters is 1. The van der Waals surface area contributed by atoms with Gasteiger partial charge >= 0.3 is 5.97 Å². The van der Waals surface area contributed by atoms with E-state index in [0.29, 0.717) is 12.2 Å². The van der Waals surface area contributed by atoms with Crippen LogP contribution in [0.15, 0.2) is 12.1 Å². The van der Waals surface area contributed by atoms with E-state index in [0.717, 1.165) is 11.1 Å². The third-order valence-corrected chi connectivity index (χ3v) is 2.58. The van der Waals surface area contributed by atoms with Crippen LogP contribution in [-0.4, -0.2) is 12.6 Å². The van der Waals surface area contributed by atoms with Gasteiger partial charge in [0.15, 0.2) is 0 Å². The first-order valence-electron chi connectivity index (χ1n) is 5.08. The van der Waals surface area contributed by atoms with Crippen LogP contribution in [-0.2, 0) is 21.8 Å². The van der Waals surface area contributed by atoms with Crippen molar-refractivity contribution in [2.24, 2.45) is 0 Å². The molecule has 0 spiro atoms. The average Bonchev–Trinajstić information content (AvgIpc) is 2.22. The maximum Gasteiger partial charge on any atom is 0.310 e. The number of rotatable bonds is 4. The Morgan fingerprint density at radius 2 is 2.12 bits per heavy atom. The molecule has 0 N–H and O–H groups in total. The van der Waals surface area contributed by atoms with Crippen LogP contribution in [0.4, 0.5) is 4.39 Å². The molecular weight excluding hydrogens is 231 g/mol. The number of carbonyl (C=O) groups is 1. The van der Waals surface area contributed by atoms with Crippen LogP contribution >= 0.6 is 11.6 Å². The second kappa shape index (κ2) is 5.85. The molecule has 0 heterocycles. The Kier molecular flexibility index (Phi) is 4.74.